The summed E-state index contributed by atoms with van der Waals surface area (Å²) in [6, 6.07) is 15.6. The van der Waals surface area contributed by atoms with E-state index in [1.165, 1.54) is 16.9 Å². The Morgan fingerprint density at radius 2 is 1.81 bits per heavy atom. The highest BCUT2D eigenvalue weighted by atomic mass is 19.1. The van der Waals surface area contributed by atoms with E-state index in [4.69, 9.17) is 0 Å². The van der Waals surface area contributed by atoms with Gasteiger partial charge in [-0.15, -0.1) is 10.2 Å². The molecule has 1 aromatic heterocycles. The summed E-state index contributed by atoms with van der Waals surface area (Å²) in [5, 5.41) is 12.5. The number of carbonyl (C=O) groups excluding carboxylic acids is 1. The van der Waals surface area contributed by atoms with Crippen LogP contribution in [0.15, 0.2) is 54.6 Å². The number of aryl methyl sites for hydroxylation is 1. The molecule has 6 nitrogen and oxygen atoms in total. The molecule has 1 amide bonds. The van der Waals surface area contributed by atoms with Crippen LogP contribution in [0.5, 0.6) is 0 Å². The molecule has 0 bridgehead atoms. The lowest BCUT2D eigenvalue weighted by atomic mass is 10.2. The van der Waals surface area contributed by atoms with E-state index in [0.29, 0.717) is 30.9 Å². The predicted molar refractivity (Wildman–Crippen MR) is 102 cm³/mol. The number of hydrogen-bond acceptors (Lipinski definition) is 4. The summed E-state index contributed by atoms with van der Waals surface area (Å²) >= 11 is 0. The predicted octanol–water partition coefficient (Wildman–Crippen LogP) is 3.70. The normalized spacial score (nSPS) is 11.0. The number of nitrogens with zero attached hydrogens (tertiary/aromatic N) is 5. The zero-order valence-electron chi connectivity index (χ0n) is 15.4. The van der Waals surface area contributed by atoms with Gasteiger partial charge in [0.1, 0.15) is 5.82 Å². The molecule has 0 aliphatic heterocycles. The highest BCUT2D eigenvalue weighted by Gasteiger charge is 2.19. The van der Waals surface area contributed by atoms with E-state index in [9.17, 15) is 9.18 Å². The van der Waals surface area contributed by atoms with Gasteiger partial charge in [-0.25, -0.2) is 4.39 Å². The number of hydrogen-bond donors (Lipinski definition) is 0. The minimum Gasteiger partial charge on any atom is -0.310 e. The monoisotopic (exact) mass is 367 g/mol. The third-order valence-electron chi connectivity index (χ3n) is 4.12. The van der Waals surface area contributed by atoms with Gasteiger partial charge in [-0.1, -0.05) is 30.3 Å². The summed E-state index contributed by atoms with van der Waals surface area (Å²) in [6.07, 6.45) is 0.936. The molecule has 0 atom stereocenters. The Morgan fingerprint density at radius 1 is 1.11 bits per heavy atom. The van der Waals surface area contributed by atoms with Gasteiger partial charge < -0.3 is 4.90 Å². The first-order valence-electron chi connectivity index (χ1n) is 8.95. The summed E-state index contributed by atoms with van der Waals surface area (Å²) < 4.78 is 13.1. The molecule has 27 heavy (non-hydrogen) atoms. The third kappa shape index (κ3) is 4.75. The zero-order valence-corrected chi connectivity index (χ0v) is 15.4. The number of benzene rings is 2. The van der Waals surface area contributed by atoms with Gasteiger partial charge in [0.25, 0.3) is 0 Å². The topological polar surface area (TPSA) is 63.9 Å². The van der Waals surface area contributed by atoms with E-state index in [1.807, 2.05) is 44.2 Å². The fourth-order valence-corrected chi connectivity index (χ4v) is 2.86. The molecule has 1 heterocycles. The van der Waals surface area contributed by atoms with Crippen molar-refractivity contribution in [3.05, 3.63) is 60.4 Å². The zero-order chi connectivity index (χ0) is 19.2. The Morgan fingerprint density at radius 3 is 2.48 bits per heavy atom. The van der Waals surface area contributed by atoms with Crippen molar-refractivity contribution in [1.82, 2.24) is 20.2 Å². The number of tetrazole rings is 1. The molecular formula is C20H22FN5O. The van der Waals surface area contributed by atoms with E-state index in [-0.39, 0.29) is 17.8 Å². The van der Waals surface area contributed by atoms with Crippen molar-refractivity contribution in [2.24, 2.45) is 0 Å². The van der Waals surface area contributed by atoms with Crippen molar-refractivity contribution in [2.75, 3.05) is 4.90 Å². The standard InChI is InChI=1S/C20H22FN5O/c1-15(2)26(18-12-10-17(21)11-13-18)19(27)9-6-14-25-23-20(22-24-25)16-7-4-3-5-8-16/h3-5,7-8,10-13,15H,6,9,14H2,1-2H3. The molecule has 2 aromatic carbocycles. The summed E-state index contributed by atoms with van der Waals surface area (Å²) in [5.41, 5.74) is 1.60. The summed E-state index contributed by atoms with van der Waals surface area (Å²) in [6.45, 7) is 4.37. The molecule has 0 radical (unpaired) electrons. The van der Waals surface area contributed by atoms with Crippen molar-refractivity contribution in [3.63, 3.8) is 0 Å². The van der Waals surface area contributed by atoms with Crippen LogP contribution in [0.2, 0.25) is 0 Å². The minimum absolute atomic E-state index is 0.0139. The van der Waals surface area contributed by atoms with Crippen LogP contribution in [0, 0.1) is 5.82 Å². The quantitative estimate of drug-likeness (QED) is 0.639. The molecule has 0 saturated carbocycles. The second-order valence-corrected chi connectivity index (χ2v) is 6.51. The van der Waals surface area contributed by atoms with Crippen LogP contribution >= 0.6 is 0 Å². The first-order valence-corrected chi connectivity index (χ1v) is 8.95. The maximum atomic E-state index is 13.1. The number of amides is 1. The molecule has 3 aromatic rings. The highest BCUT2D eigenvalue weighted by molar-refractivity contribution is 5.93. The molecule has 0 unspecified atom stereocenters. The number of carbonyl (C=O) groups is 1. The lowest BCUT2D eigenvalue weighted by Crippen LogP contribution is -2.37. The Bertz CT molecular complexity index is 877. The van der Waals surface area contributed by atoms with Crippen LogP contribution in [-0.2, 0) is 11.3 Å². The lowest BCUT2D eigenvalue weighted by molar-refractivity contribution is -0.119. The molecule has 7 heteroatoms. The van der Waals surface area contributed by atoms with Gasteiger partial charge in [-0.05, 0) is 49.7 Å². The second kappa shape index (κ2) is 8.53. The molecular weight excluding hydrogens is 345 g/mol. The van der Waals surface area contributed by atoms with E-state index >= 15 is 0 Å². The fourth-order valence-electron chi connectivity index (χ4n) is 2.86. The average molecular weight is 367 g/mol. The van der Waals surface area contributed by atoms with Gasteiger partial charge in [0.15, 0.2) is 0 Å². The Hall–Kier alpha value is -3.09. The second-order valence-electron chi connectivity index (χ2n) is 6.51. The van der Waals surface area contributed by atoms with Crippen molar-refractivity contribution in [2.45, 2.75) is 39.3 Å². The maximum absolute atomic E-state index is 13.1. The number of anilines is 1. The van der Waals surface area contributed by atoms with Crippen LogP contribution in [0.3, 0.4) is 0 Å². The number of rotatable bonds is 7. The van der Waals surface area contributed by atoms with Crippen molar-refractivity contribution in [3.8, 4) is 11.4 Å². The summed E-state index contributed by atoms with van der Waals surface area (Å²) in [5.74, 6) is 0.235. The van der Waals surface area contributed by atoms with Crippen molar-refractivity contribution < 1.29 is 9.18 Å². The maximum Gasteiger partial charge on any atom is 0.227 e. The van der Waals surface area contributed by atoms with Gasteiger partial charge >= 0.3 is 0 Å². The van der Waals surface area contributed by atoms with Crippen LogP contribution in [0.4, 0.5) is 10.1 Å². The van der Waals surface area contributed by atoms with Gasteiger partial charge in [0, 0.05) is 23.7 Å². The molecule has 3 rings (SSSR count). The molecule has 140 valence electrons. The fraction of sp³-hybridized carbons (Fsp3) is 0.300. The van der Waals surface area contributed by atoms with Crippen LogP contribution in [-0.4, -0.2) is 32.2 Å². The Kier molecular flexibility index (Phi) is 5.90. The summed E-state index contributed by atoms with van der Waals surface area (Å²) in [7, 11) is 0. The molecule has 0 aliphatic rings. The van der Waals surface area contributed by atoms with Gasteiger partial charge in [0.05, 0.1) is 6.54 Å². The van der Waals surface area contributed by atoms with Gasteiger partial charge in [0.2, 0.25) is 11.7 Å². The molecule has 0 aliphatic carbocycles. The number of halogens is 1. The first kappa shape index (κ1) is 18.7. The SMILES string of the molecule is CC(C)N(C(=O)CCCn1nnc(-c2ccccc2)n1)c1ccc(F)cc1. The van der Waals surface area contributed by atoms with E-state index in [1.54, 1.807) is 17.0 Å². The Labute approximate surface area is 157 Å². The summed E-state index contributed by atoms with van der Waals surface area (Å²) in [4.78, 5) is 15.8. The molecule has 0 spiro atoms. The van der Waals surface area contributed by atoms with E-state index in [2.05, 4.69) is 15.4 Å². The first-order chi connectivity index (χ1) is 13.0. The van der Waals surface area contributed by atoms with Gasteiger partial charge in [-0.3, -0.25) is 4.79 Å². The van der Waals surface area contributed by atoms with E-state index < -0.39 is 0 Å². The number of aromatic nitrogens is 4. The van der Waals surface area contributed by atoms with Gasteiger partial charge in [-0.2, -0.15) is 4.80 Å². The smallest absolute Gasteiger partial charge is 0.227 e. The molecule has 0 fully saturated rings. The average Bonchev–Trinajstić information content (AvgIpc) is 3.13. The minimum atomic E-state index is -0.318. The lowest BCUT2D eigenvalue weighted by Gasteiger charge is -2.27. The van der Waals surface area contributed by atoms with Crippen LogP contribution in [0.25, 0.3) is 11.4 Å². The molecule has 0 N–H and O–H groups in total. The highest BCUT2D eigenvalue weighted by Crippen LogP contribution is 2.19. The van der Waals surface area contributed by atoms with Crippen molar-refractivity contribution in [1.29, 1.82) is 0 Å². The van der Waals surface area contributed by atoms with E-state index in [0.717, 1.165) is 5.56 Å². The van der Waals surface area contributed by atoms with Crippen LogP contribution < -0.4 is 4.90 Å². The molecule has 0 saturated heterocycles. The third-order valence-corrected chi connectivity index (χ3v) is 4.12. The van der Waals surface area contributed by atoms with Crippen LogP contribution in [0.1, 0.15) is 26.7 Å². The Balaban J connectivity index is 1.58. The largest absolute Gasteiger partial charge is 0.310 e. The van der Waals surface area contributed by atoms with Crippen molar-refractivity contribution >= 4 is 11.6 Å².